The van der Waals surface area contributed by atoms with Crippen molar-refractivity contribution in [1.29, 1.82) is 0 Å². The molecule has 0 N–H and O–H groups in total. The number of Topliss-reactive ketones (excluding diaryl/α,β-unsaturated/α-hetero) is 1. The third-order valence-corrected chi connectivity index (χ3v) is 2.37. The maximum atomic E-state index is 11.0. The van der Waals surface area contributed by atoms with Crippen molar-refractivity contribution in [3.05, 3.63) is 29.8 Å². The molecule has 1 aliphatic rings. The molecule has 1 aliphatic heterocycles. The smallest absolute Gasteiger partial charge is 0.184 e. The molecule has 0 aromatic heterocycles. The summed E-state index contributed by atoms with van der Waals surface area (Å²) in [4.78, 5) is 11.0. The zero-order chi connectivity index (χ0) is 13.2. The molecule has 0 saturated carbocycles. The summed E-state index contributed by atoms with van der Waals surface area (Å²) in [6, 6.07) is 7.54. The first-order valence-electron chi connectivity index (χ1n) is 5.98. The van der Waals surface area contributed by atoms with Crippen molar-refractivity contribution in [2.24, 2.45) is 0 Å². The van der Waals surface area contributed by atoms with Crippen LogP contribution in [0.1, 0.15) is 32.6 Å². The van der Waals surface area contributed by atoms with Crippen LogP contribution in [0.15, 0.2) is 24.3 Å². The van der Waals surface area contributed by atoms with E-state index in [-0.39, 0.29) is 24.6 Å². The van der Waals surface area contributed by atoms with Crippen molar-refractivity contribution in [1.82, 2.24) is 0 Å². The Morgan fingerprint density at radius 3 is 2.17 bits per heavy atom. The van der Waals surface area contributed by atoms with Gasteiger partial charge in [-0.25, -0.2) is 0 Å². The molecule has 0 radical (unpaired) electrons. The Morgan fingerprint density at radius 1 is 1.11 bits per heavy atom. The first-order chi connectivity index (χ1) is 8.44. The average molecular weight is 250 g/mol. The van der Waals surface area contributed by atoms with Gasteiger partial charge in [0, 0.05) is 5.56 Å². The Kier molecular flexibility index (Phi) is 3.68. The van der Waals surface area contributed by atoms with Crippen LogP contribution < -0.4 is 4.74 Å². The number of ether oxygens (including phenoxy) is 3. The van der Waals surface area contributed by atoms with Gasteiger partial charge in [-0.3, -0.25) is 4.79 Å². The molecule has 1 aromatic carbocycles. The number of carbonyl (C=O) groups excluding carboxylic acids is 1. The highest BCUT2D eigenvalue weighted by Gasteiger charge is 2.21. The Morgan fingerprint density at radius 2 is 1.67 bits per heavy atom. The van der Waals surface area contributed by atoms with Crippen LogP contribution in [0.4, 0.5) is 0 Å². The van der Waals surface area contributed by atoms with E-state index in [1.54, 1.807) is 0 Å². The van der Waals surface area contributed by atoms with Gasteiger partial charge in [0.15, 0.2) is 12.1 Å². The van der Waals surface area contributed by atoms with Crippen molar-refractivity contribution >= 4 is 5.78 Å². The van der Waals surface area contributed by atoms with Gasteiger partial charge in [0.25, 0.3) is 0 Å². The van der Waals surface area contributed by atoms with Gasteiger partial charge in [-0.05, 0) is 32.9 Å². The molecule has 0 atom stereocenters. The average Bonchev–Trinajstić information content (AvgIpc) is 2.29. The summed E-state index contributed by atoms with van der Waals surface area (Å²) in [6.07, 6.45) is -0.452. The largest absolute Gasteiger partial charge is 0.488 e. The highest BCUT2D eigenvalue weighted by atomic mass is 16.7. The minimum atomic E-state index is -0.452. The SMILES string of the molecule is CC(C)(C)Oc1ccc(C2OCC(=O)CO2)cc1. The molecule has 1 heterocycles. The lowest BCUT2D eigenvalue weighted by Gasteiger charge is -2.24. The number of hydrogen-bond donors (Lipinski definition) is 0. The van der Waals surface area contributed by atoms with E-state index in [4.69, 9.17) is 14.2 Å². The number of benzene rings is 1. The second kappa shape index (κ2) is 5.08. The van der Waals surface area contributed by atoms with Gasteiger partial charge < -0.3 is 14.2 Å². The molecule has 0 spiro atoms. The number of hydrogen-bond acceptors (Lipinski definition) is 4. The van der Waals surface area contributed by atoms with Crippen molar-refractivity contribution in [2.45, 2.75) is 32.7 Å². The Labute approximate surface area is 107 Å². The second-order valence-corrected chi connectivity index (χ2v) is 5.28. The predicted octanol–water partition coefficient (Wildman–Crippen LogP) is 2.48. The van der Waals surface area contributed by atoms with Crippen molar-refractivity contribution < 1.29 is 19.0 Å². The van der Waals surface area contributed by atoms with E-state index in [1.165, 1.54) is 0 Å². The van der Waals surface area contributed by atoms with Gasteiger partial charge in [-0.2, -0.15) is 0 Å². The molecular weight excluding hydrogens is 232 g/mol. The summed E-state index contributed by atoms with van der Waals surface area (Å²) < 4.78 is 16.3. The van der Waals surface area contributed by atoms with Gasteiger partial charge >= 0.3 is 0 Å². The minimum Gasteiger partial charge on any atom is -0.488 e. The van der Waals surface area contributed by atoms with Gasteiger partial charge in [-0.15, -0.1) is 0 Å². The molecule has 1 aromatic rings. The monoisotopic (exact) mass is 250 g/mol. The van der Waals surface area contributed by atoms with Crippen LogP contribution in [-0.2, 0) is 14.3 Å². The molecule has 2 rings (SSSR count). The van der Waals surface area contributed by atoms with Crippen LogP contribution in [-0.4, -0.2) is 24.6 Å². The lowest BCUT2D eigenvalue weighted by atomic mass is 10.1. The molecule has 0 unspecified atom stereocenters. The standard InChI is InChI=1S/C14H18O4/c1-14(2,3)18-12-6-4-10(5-7-12)13-16-8-11(15)9-17-13/h4-7,13H,8-9H2,1-3H3. The first kappa shape index (κ1) is 13.1. The molecule has 1 saturated heterocycles. The number of carbonyl (C=O) groups is 1. The Bertz CT molecular complexity index is 406. The topological polar surface area (TPSA) is 44.8 Å². The molecule has 0 bridgehead atoms. The summed E-state index contributed by atoms with van der Waals surface area (Å²) in [5, 5.41) is 0. The summed E-state index contributed by atoms with van der Waals surface area (Å²) in [7, 11) is 0. The lowest BCUT2D eigenvalue weighted by molar-refractivity contribution is -0.188. The highest BCUT2D eigenvalue weighted by Crippen LogP contribution is 2.25. The second-order valence-electron chi connectivity index (χ2n) is 5.28. The van der Waals surface area contributed by atoms with Crippen LogP contribution in [0.5, 0.6) is 5.75 Å². The predicted molar refractivity (Wildman–Crippen MR) is 66.5 cm³/mol. The molecule has 18 heavy (non-hydrogen) atoms. The van der Waals surface area contributed by atoms with Gasteiger partial charge in [0.1, 0.15) is 24.6 Å². The van der Waals surface area contributed by atoms with Gasteiger partial charge in [0.2, 0.25) is 0 Å². The van der Waals surface area contributed by atoms with E-state index >= 15 is 0 Å². The molecule has 0 aliphatic carbocycles. The van der Waals surface area contributed by atoms with Gasteiger partial charge in [0.05, 0.1) is 0 Å². The molecule has 4 heteroatoms. The third-order valence-electron chi connectivity index (χ3n) is 2.37. The van der Waals surface area contributed by atoms with Crippen molar-refractivity contribution in [3.8, 4) is 5.75 Å². The molecule has 98 valence electrons. The number of ketones is 1. The zero-order valence-corrected chi connectivity index (χ0v) is 10.9. The maximum Gasteiger partial charge on any atom is 0.184 e. The molecule has 4 nitrogen and oxygen atoms in total. The van der Waals surface area contributed by atoms with Crippen molar-refractivity contribution in [3.63, 3.8) is 0 Å². The van der Waals surface area contributed by atoms with E-state index in [0.29, 0.717) is 0 Å². The Balaban J connectivity index is 2.01. The van der Waals surface area contributed by atoms with Crippen LogP contribution in [0.25, 0.3) is 0 Å². The first-order valence-corrected chi connectivity index (χ1v) is 5.98. The normalized spacial score (nSPS) is 17.8. The van der Waals surface area contributed by atoms with E-state index < -0.39 is 6.29 Å². The van der Waals surface area contributed by atoms with E-state index in [9.17, 15) is 4.79 Å². The van der Waals surface area contributed by atoms with Gasteiger partial charge in [-0.1, -0.05) is 12.1 Å². The fourth-order valence-electron chi connectivity index (χ4n) is 1.67. The van der Waals surface area contributed by atoms with Crippen LogP contribution in [0, 0.1) is 0 Å². The van der Waals surface area contributed by atoms with Crippen LogP contribution in [0.2, 0.25) is 0 Å². The fraction of sp³-hybridized carbons (Fsp3) is 0.500. The summed E-state index contributed by atoms with van der Waals surface area (Å²) in [5.74, 6) is 0.775. The van der Waals surface area contributed by atoms with Crippen molar-refractivity contribution in [2.75, 3.05) is 13.2 Å². The summed E-state index contributed by atoms with van der Waals surface area (Å²) >= 11 is 0. The quantitative estimate of drug-likeness (QED) is 0.809. The van der Waals surface area contributed by atoms with Crippen LogP contribution >= 0.6 is 0 Å². The third kappa shape index (κ3) is 3.55. The number of rotatable bonds is 2. The maximum absolute atomic E-state index is 11.0. The highest BCUT2D eigenvalue weighted by molar-refractivity contribution is 5.81. The fourth-order valence-corrected chi connectivity index (χ4v) is 1.67. The summed E-state index contributed by atoms with van der Waals surface area (Å²) in [6.45, 7) is 6.23. The molecular formula is C14H18O4. The van der Waals surface area contributed by atoms with E-state index in [0.717, 1.165) is 11.3 Å². The van der Waals surface area contributed by atoms with E-state index in [1.807, 2.05) is 45.0 Å². The zero-order valence-electron chi connectivity index (χ0n) is 10.9. The summed E-state index contributed by atoms with van der Waals surface area (Å²) in [5.41, 5.74) is 0.676. The van der Waals surface area contributed by atoms with E-state index in [2.05, 4.69) is 0 Å². The molecule has 0 amide bonds. The Hall–Kier alpha value is -1.39. The minimum absolute atomic E-state index is 0.0288. The van der Waals surface area contributed by atoms with Crippen LogP contribution in [0.3, 0.4) is 0 Å². The lowest BCUT2D eigenvalue weighted by Crippen LogP contribution is -2.26. The molecule has 1 fully saturated rings.